The van der Waals surface area contributed by atoms with Crippen LogP contribution in [-0.2, 0) is 21.2 Å². The number of carbonyl (C=O) groups excluding carboxylic acids is 1. The zero-order valence-corrected chi connectivity index (χ0v) is 18.3. The maximum absolute atomic E-state index is 12.8. The van der Waals surface area contributed by atoms with E-state index in [2.05, 4.69) is 5.32 Å². The molecule has 7 heteroatoms. The van der Waals surface area contributed by atoms with Gasteiger partial charge in [-0.2, -0.15) is 0 Å². The molecule has 1 atom stereocenters. The molecule has 29 heavy (non-hydrogen) atoms. The van der Waals surface area contributed by atoms with Gasteiger partial charge in [0.15, 0.2) is 0 Å². The Morgan fingerprint density at radius 2 is 1.86 bits per heavy atom. The summed E-state index contributed by atoms with van der Waals surface area (Å²) in [5, 5.41) is 2.89. The van der Waals surface area contributed by atoms with E-state index in [0.29, 0.717) is 18.7 Å². The third-order valence-electron chi connectivity index (χ3n) is 4.69. The Kier molecular flexibility index (Phi) is 8.08. The molecule has 2 aromatic carbocycles. The zero-order valence-electron chi connectivity index (χ0n) is 17.5. The lowest BCUT2D eigenvalue weighted by molar-refractivity contribution is -0.122. The molecule has 158 valence electrons. The fraction of sp³-hybridized carbons (Fsp3) is 0.409. The first-order valence-corrected chi connectivity index (χ1v) is 11.6. The Bertz CT molecular complexity index is 911. The number of benzene rings is 2. The van der Waals surface area contributed by atoms with Crippen molar-refractivity contribution in [1.29, 1.82) is 0 Å². The molecule has 0 heterocycles. The highest BCUT2D eigenvalue weighted by Gasteiger charge is 2.31. The number of amides is 1. The molecule has 0 bridgehead atoms. The van der Waals surface area contributed by atoms with E-state index in [1.165, 1.54) is 4.31 Å². The Labute approximate surface area is 173 Å². The molecule has 0 aliphatic rings. The van der Waals surface area contributed by atoms with Gasteiger partial charge in [-0.15, -0.1) is 0 Å². The lowest BCUT2D eigenvalue weighted by atomic mass is 10.1. The molecule has 6 nitrogen and oxygen atoms in total. The quantitative estimate of drug-likeness (QED) is 0.601. The second kappa shape index (κ2) is 10.3. The number of aryl methyl sites for hydroxylation is 2. The first kappa shape index (κ1) is 22.7. The number of hydrogen-bond donors (Lipinski definition) is 1. The molecule has 0 aliphatic heterocycles. The van der Waals surface area contributed by atoms with E-state index in [1.807, 2.05) is 44.2 Å². The highest BCUT2D eigenvalue weighted by Crippen LogP contribution is 2.23. The molecule has 0 fully saturated rings. The van der Waals surface area contributed by atoms with Crippen LogP contribution in [0.4, 0.5) is 5.69 Å². The van der Waals surface area contributed by atoms with E-state index in [4.69, 9.17) is 4.74 Å². The van der Waals surface area contributed by atoms with Crippen molar-refractivity contribution in [3.05, 3.63) is 59.7 Å². The van der Waals surface area contributed by atoms with Gasteiger partial charge in [-0.1, -0.05) is 31.2 Å². The number of sulfonamides is 1. The third-order valence-corrected chi connectivity index (χ3v) is 5.87. The number of ether oxygens (including phenoxy) is 1. The van der Waals surface area contributed by atoms with Crippen LogP contribution in [0, 0.1) is 6.92 Å². The number of nitrogens with one attached hydrogen (secondary N) is 1. The summed E-state index contributed by atoms with van der Waals surface area (Å²) in [7, 11) is -1.98. The van der Waals surface area contributed by atoms with Crippen LogP contribution in [0.25, 0.3) is 0 Å². The molecule has 0 aliphatic carbocycles. The van der Waals surface area contributed by atoms with Crippen LogP contribution < -0.4 is 14.4 Å². The monoisotopic (exact) mass is 418 g/mol. The maximum Gasteiger partial charge on any atom is 0.243 e. The molecular formula is C22H30N2O4S. The van der Waals surface area contributed by atoms with Gasteiger partial charge in [-0.3, -0.25) is 9.10 Å². The van der Waals surface area contributed by atoms with Crippen molar-refractivity contribution in [3.8, 4) is 5.75 Å². The Morgan fingerprint density at radius 1 is 1.17 bits per heavy atom. The smallest absolute Gasteiger partial charge is 0.243 e. The van der Waals surface area contributed by atoms with Gasteiger partial charge in [0.05, 0.1) is 19.1 Å². The summed E-state index contributed by atoms with van der Waals surface area (Å²) in [6.45, 7) is 4.19. The fourth-order valence-electron chi connectivity index (χ4n) is 3.24. The van der Waals surface area contributed by atoms with Gasteiger partial charge in [-0.25, -0.2) is 8.42 Å². The van der Waals surface area contributed by atoms with Gasteiger partial charge in [0.25, 0.3) is 0 Å². The molecule has 0 unspecified atom stereocenters. The van der Waals surface area contributed by atoms with Crippen LogP contribution in [0.15, 0.2) is 48.5 Å². The molecule has 0 aromatic heterocycles. The minimum absolute atomic E-state index is 0.283. The van der Waals surface area contributed by atoms with Crippen LogP contribution in [0.5, 0.6) is 5.75 Å². The average Bonchev–Trinajstić information content (AvgIpc) is 2.68. The Balaban J connectivity index is 2.01. The lowest BCUT2D eigenvalue weighted by Crippen LogP contribution is -2.49. The molecule has 1 N–H and O–H groups in total. The van der Waals surface area contributed by atoms with Crippen LogP contribution in [-0.4, -0.2) is 40.3 Å². The largest absolute Gasteiger partial charge is 0.497 e. The van der Waals surface area contributed by atoms with Crippen LogP contribution >= 0.6 is 0 Å². The molecule has 2 aromatic rings. The summed E-state index contributed by atoms with van der Waals surface area (Å²) in [5.74, 6) is 0.527. The van der Waals surface area contributed by atoms with Crippen molar-refractivity contribution in [2.24, 2.45) is 0 Å². The number of rotatable bonds is 10. The summed E-state index contributed by atoms with van der Waals surface area (Å²) in [4.78, 5) is 12.8. The van der Waals surface area contributed by atoms with Crippen molar-refractivity contribution in [3.63, 3.8) is 0 Å². The minimum atomic E-state index is -3.61. The number of nitrogens with zero attached hydrogens (tertiary/aromatic N) is 1. The van der Waals surface area contributed by atoms with Crippen LogP contribution in [0.1, 0.15) is 30.9 Å². The number of methoxy groups -OCH3 is 1. The first-order chi connectivity index (χ1) is 13.8. The highest BCUT2D eigenvalue weighted by molar-refractivity contribution is 7.92. The predicted octanol–water partition coefficient (Wildman–Crippen LogP) is 3.30. The number of anilines is 1. The average molecular weight is 419 g/mol. The van der Waals surface area contributed by atoms with E-state index < -0.39 is 16.1 Å². The van der Waals surface area contributed by atoms with Crippen LogP contribution in [0.2, 0.25) is 0 Å². The summed E-state index contributed by atoms with van der Waals surface area (Å²) in [6, 6.07) is 14.2. The van der Waals surface area contributed by atoms with E-state index in [0.717, 1.165) is 36.0 Å². The van der Waals surface area contributed by atoms with Gasteiger partial charge in [0.2, 0.25) is 15.9 Å². The van der Waals surface area contributed by atoms with Gasteiger partial charge in [-0.05, 0) is 61.6 Å². The van der Waals surface area contributed by atoms with Crippen molar-refractivity contribution in [2.45, 2.75) is 39.2 Å². The van der Waals surface area contributed by atoms with Gasteiger partial charge < -0.3 is 10.1 Å². The number of carbonyl (C=O) groups is 1. The van der Waals surface area contributed by atoms with E-state index in [9.17, 15) is 13.2 Å². The molecule has 1 amide bonds. The normalized spacial score (nSPS) is 12.3. The van der Waals surface area contributed by atoms with E-state index in [1.54, 1.807) is 25.3 Å². The molecule has 0 saturated heterocycles. The van der Waals surface area contributed by atoms with Crippen molar-refractivity contribution < 1.29 is 17.9 Å². The summed E-state index contributed by atoms with van der Waals surface area (Å²) in [5.41, 5.74) is 2.60. The SMILES string of the molecule is CC[C@H](C(=O)NCCCc1ccc(OC)cc1)N(c1cccc(C)c1)S(C)(=O)=O. The van der Waals surface area contributed by atoms with Crippen molar-refractivity contribution in [2.75, 3.05) is 24.2 Å². The maximum atomic E-state index is 12.8. The number of hydrogen-bond acceptors (Lipinski definition) is 4. The summed E-state index contributed by atoms with van der Waals surface area (Å²) in [6.07, 6.45) is 3.09. The Morgan fingerprint density at radius 3 is 2.41 bits per heavy atom. The summed E-state index contributed by atoms with van der Waals surface area (Å²) >= 11 is 0. The second-order valence-electron chi connectivity index (χ2n) is 7.06. The molecule has 0 spiro atoms. The van der Waals surface area contributed by atoms with E-state index >= 15 is 0 Å². The molecule has 2 rings (SSSR count). The summed E-state index contributed by atoms with van der Waals surface area (Å²) < 4.78 is 31.3. The van der Waals surface area contributed by atoms with Gasteiger partial charge in [0.1, 0.15) is 11.8 Å². The molecular weight excluding hydrogens is 388 g/mol. The highest BCUT2D eigenvalue weighted by atomic mass is 32.2. The third kappa shape index (κ3) is 6.49. The van der Waals surface area contributed by atoms with Crippen molar-refractivity contribution >= 4 is 21.6 Å². The first-order valence-electron chi connectivity index (χ1n) is 9.73. The standard InChI is InChI=1S/C22H30N2O4S/c1-5-21(24(29(4,26)27)19-10-6-8-17(2)16-19)22(25)23-15-7-9-18-11-13-20(28-3)14-12-18/h6,8,10-14,16,21H,5,7,9,15H2,1-4H3,(H,23,25)/t21-/m1/s1. The second-order valence-corrected chi connectivity index (χ2v) is 8.92. The fourth-order valence-corrected chi connectivity index (χ4v) is 4.44. The Hall–Kier alpha value is -2.54. The minimum Gasteiger partial charge on any atom is -0.497 e. The molecule has 0 saturated carbocycles. The van der Waals surface area contributed by atoms with E-state index in [-0.39, 0.29) is 5.91 Å². The predicted molar refractivity (Wildman–Crippen MR) is 117 cm³/mol. The van der Waals surface area contributed by atoms with Gasteiger partial charge >= 0.3 is 0 Å². The van der Waals surface area contributed by atoms with Gasteiger partial charge in [0, 0.05) is 6.54 Å². The van der Waals surface area contributed by atoms with Crippen molar-refractivity contribution in [1.82, 2.24) is 5.32 Å². The topological polar surface area (TPSA) is 75.7 Å². The van der Waals surface area contributed by atoms with Crippen LogP contribution in [0.3, 0.4) is 0 Å². The lowest BCUT2D eigenvalue weighted by Gasteiger charge is -2.30. The molecule has 0 radical (unpaired) electrons. The zero-order chi connectivity index (χ0) is 21.4.